The molecule has 0 aromatic carbocycles. The first kappa shape index (κ1) is 10.7. The lowest BCUT2D eigenvalue weighted by molar-refractivity contribution is -0.118. The third kappa shape index (κ3) is 3.90. The second-order valence-corrected chi connectivity index (χ2v) is 4.19. The molecule has 1 rings (SSSR count). The number of Topliss-reactive ketones (excluding diaryl/α,β-unsaturated/α-hetero) is 1. The predicted octanol–water partition coefficient (Wildman–Crippen LogP) is 2.09. The van der Waals surface area contributed by atoms with Gasteiger partial charge in [-0.2, -0.15) is 0 Å². The van der Waals surface area contributed by atoms with Crippen LogP contribution in [0.5, 0.6) is 0 Å². The molecule has 0 N–H and O–H groups in total. The molecule has 1 atom stereocenters. The third-order valence-electron chi connectivity index (χ3n) is 2.83. The monoisotopic (exact) mass is 183 g/mol. The lowest BCUT2D eigenvalue weighted by Gasteiger charge is -2.14. The zero-order valence-electron chi connectivity index (χ0n) is 8.88. The number of carbonyl (C=O) groups is 1. The second-order valence-electron chi connectivity index (χ2n) is 4.19. The smallest absolute Gasteiger partial charge is 0.132 e. The van der Waals surface area contributed by atoms with Gasteiger partial charge in [0.15, 0.2) is 0 Å². The van der Waals surface area contributed by atoms with Crippen molar-refractivity contribution in [2.45, 2.75) is 39.5 Å². The van der Waals surface area contributed by atoms with Gasteiger partial charge in [-0.05, 0) is 31.8 Å². The van der Waals surface area contributed by atoms with Gasteiger partial charge in [0.2, 0.25) is 0 Å². The second kappa shape index (κ2) is 5.38. The van der Waals surface area contributed by atoms with Crippen molar-refractivity contribution in [3.63, 3.8) is 0 Å². The normalized spacial score (nSPS) is 23.7. The van der Waals surface area contributed by atoms with E-state index >= 15 is 0 Å². The summed E-state index contributed by atoms with van der Waals surface area (Å²) in [5.74, 6) is 1.27. The molecule has 13 heavy (non-hydrogen) atoms. The molecule has 0 radical (unpaired) electrons. The minimum Gasteiger partial charge on any atom is -0.303 e. The van der Waals surface area contributed by atoms with Crippen LogP contribution in [0.25, 0.3) is 0 Å². The summed E-state index contributed by atoms with van der Waals surface area (Å²) < 4.78 is 0. The maximum atomic E-state index is 11.0. The van der Waals surface area contributed by atoms with Crippen LogP contribution in [-0.2, 0) is 4.79 Å². The first-order valence-electron chi connectivity index (χ1n) is 5.46. The summed E-state index contributed by atoms with van der Waals surface area (Å²) in [4.78, 5) is 13.5. The van der Waals surface area contributed by atoms with Crippen LogP contribution in [0.2, 0.25) is 0 Å². The number of rotatable bonds is 5. The van der Waals surface area contributed by atoms with Gasteiger partial charge >= 0.3 is 0 Å². The molecule has 1 saturated heterocycles. The van der Waals surface area contributed by atoms with Gasteiger partial charge < -0.3 is 4.90 Å². The van der Waals surface area contributed by atoms with Crippen LogP contribution in [0, 0.1) is 5.92 Å². The molecule has 0 aromatic heterocycles. The van der Waals surface area contributed by atoms with Crippen molar-refractivity contribution in [2.24, 2.45) is 5.92 Å². The minimum absolute atomic E-state index is 0.409. The zero-order valence-corrected chi connectivity index (χ0v) is 8.88. The number of hydrogen-bond donors (Lipinski definition) is 0. The first-order chi connectivity index (χ1) is 6.22. The van der Waals surface area contributed by atoms with Crippen LogP contribution in [0.3, 0.4) is 0 Å². The Morgan fingerprint density at radius 3 is 2.85 bits per heavy atom. The molecular formula is C11H21NO. The number of hydrogen-bond acceptors (Lipinski definition) is 2. The summed E-state index contributed by atoms with van der Waals surface area (Å²) in [5, 5.41) is 0. The van der Waals surface area contributed by atoms with Gasteiger partial charge in [0.25, 0.3) is 0 Å². The molecule has 1 aliphatic heterocycles. The number of nitrogens with zero attached hydrogens (tertiary/aromatic N) is 1. The quantitative estimate of drug-likeness (QED) is 0.650. The summed E-state index contributed by atoms with van der Waals surface area (Å²) in [6.45, 7) is 7.84. The number of likely N-dealkylation sites (tertiary alicyclic amines) is 1. The van der Waals surface area contributed by atoms with E-state index in [1.807, 2.05) is 6.92 Å². The van der Waals surface area contributed by atoms with E-state index in [1.54, 1.807) is 0 Å². The van der Waals surface area contributed by atoms with Crippen molar-refractivity contribution >= 4 is 5.78 Å². The molecule has 2 nitrogen and oxygen atoms in total. The van der Waals surface area contributed by atoms with E-state index in [0.29, 0.717) is 12.2 Å². The summed E-state index contributed by atoms with van der Waals surface area (Å²) in [5.41, 5.74) is 0. The predicted molar refractivity (Wildman–Crippen MR) is 54.8 cm³/mol. The fraction of sp³-hybridized carbons (Fsp3) is 0.909. The maximum Gasteiger partial charge on any atom is 0.132 e. The van der Waals surface area contributed by atoms with Gasteiger partial charge in [-0.15, -0.1) is 0 Å². The van der Waals surface area contributed by atoms with E-state index in [1.165, 1.54) is 19.5 Å². The summed E-state index contributed by atoms with van der Waals surface area (Å²) in [6.07, 6.45) is 3.87. The van der Waals surface area contributed by atoms with Gasteiger partial charge in [0.05, 0.1) is 0 Å². The lowest BCUT2D eigenvalue weighted by atomic mass is 10.2. The van der Waals surface area contributed by atoms with Crippen molar-refractivity contribution in [3.8, 4) is 0 Å². The molecule has 76 valence electrons. The lowest BCUT2D eigenvalue weighted by Crippen LogP contribution is -2.22. The van der Waals surface area contributed by atoms with E-state index < -0.39 is 0 Å². The van der Waals surface area contributed by atoms with Gasteiger partial charge in [-0.3, -0.25) is 4.79 Å². The van der Waals surface area contributed by atoms with Gasteiger partial charge in [0.1, 0.15) is 5.78 Å². The van der Waals surface area contributed by atoms with Crippen molar-refractivity contribution in [1.82, 2.24) is 4.90 Å². The summed E-state index contributed by atoms with van der Waals surface area (Å²) in [6, 6.07) is 0. The highest BCUT2D eigenvalue weighted by Crippen LogP contribution is 2.15. The molecule has 0 bridgehead atoms. The van der Waals surface area contributed by atoms with Crippen LogP contribution in [0.1, 0.15) is 39.5 Å². The Balaban J connectivity index is 2.03. The van der Waals surface area contributed by atoms with Crippen LogP contribution in [0.15, 0.2) is 0 Å². The zero-order chi connectivity index (χ0) is 9.68. The molecule has 0 aromatic rings. The average Bonchev–Trinajstić information content (AvgIpc) is 2.51. The van der Waals surface area contributed by atoms with Crippen LogP contribution in [-0.4, -0.2) is 30.3 Å². The Kier molecular flexibility index (Phi) is 4.43. The van der Waals surface area contributed by atoms with Gasteiger partial charge in [-0.25, -0.2) is 0 Å². The van der Waals surface area contributed by atoms with E-state index in [-0.39, 0.29) is 0 Å². The van der Waals surface area contributed by atoms with Crippen LogP contribution >= 0.6 is 0 Å². The molecule has 1 aliphatic rings. The Bertz CT molecular complexity index is 167. The molecule has 1 unspecified atom stereocenters. The van der Waals surface area contributed by atoms with Gasteiger partial charge in [0, 0.05) is 19.4 Å². The topological polar surface area (TPSA) is 20.3 Å². The van der Waals surface area contributed by atoms with E-state index in [4.69, 9.17) is 0 Å². The first-order valence-corrected chi connectivity index (χ1v) is 5.46. The van der Waals surface area contributed by atoms with E-state index in [2.05, 4.69) is 11.8 Å². The molecular weight excluding hydrogens is 162 g/mol. The molecule has 1 fully saturated rings. The Morgan fingerprint density at radius 2 is 2.31 bits per heavy atom. The highest BCUT2D eigenvalue weighted by molar-refractivity contribution is 5.77. The molecule has 2 heteroatoms. The largest absolute Gasteiger partial charge is 0.303 e. The third-order valence-corrected chi connectivity index (χ3v) is 2.83. The highest BCUT2D eigenvalue weighted by Gasteiger charge is 2.17. The highest BCUT2D eigenvalue weighted by atomic mass is 16.1. The number of carbonyl (C=O) groups excluding carboxylic acids is 1. The van der Waals surface area contributed by atoms with E-state index in [0.717, 1.165) is 25.3 Å². The SMILES string of the molecule is CCC(=O)CCCN1CCC(C)C1. The Morgan fingerprint density at radius 1 is 1.54 bits per heavy atom. The van der Waals surface area contributed by atoms with E-state index in [9.17, 15) is 4.79 Å². The summed E-state index contributed by atoms with van der Waals surface area (Å²) >= 11 is 0. The van der Waals surface area contributed by atoms with Crippen LogP contribution < -0.4 is 0 Å². The fourth-order valence-electron chi connectivity index (χ4n) is 1.91. The molecule has 0 spiro atoms. The standard InChI is InChI=1S/C11H21NO/c1-3-11(13)5-4-7-12-8-6-10(2)9-12/h10H,3-9H2,1-2H3. The fourth-order valence-corrected chi connectivity index (χ4v) is 1.91. The number of ketones is 1. The van der Waals surface area contributed by atoms with Gasteiger partial charge in [-0.1, -0.05) is 13.8 Å². The van der Waals surface area contributed by atoms with Crippen molar-refractivity contribution in [2.75, 3.05) is 19.6 Å². The van der Waals surface area contributed by atoms with Crippen molar-refractivity contribution < 1.29 is 4.79 Å². The Labute approximate surface area is 81.3 Å². The molecule has 1 heterocycles. The average molecular weight is 183 g/mol. The maximum absolute atomic E-state index is 11.0. The molecule has 0 saturated carbocycles. The molecule has 0 aliphatic carbocycles. The Hall–Kier alpha value is -0.370. The van der Waals surface area contributed by atoms with Crippen molar-refractivity contribution in [1.29, 1.82) is 0 Å². The van der Waals surface area contributed by atoms with Crippen molar-refractivity contribution in [3.05, 3.63) is 0 Å². The van der Waals surface area contributed by atoms with Crippen LogP contribution in [0.4, 0.5) is 0 Å². The summed E-state index contributed by atoms with van der Waals surface area (Å²) in [7, 11) is 0. The minimum atomic E-state index is 0.409. The molecule has 0 amide bonds.